The van der Waals surface area contributed by atoms with E-state index in [9.17, 15) is 9.59 Å². The van der Waals surface area contributed by atoms with Gasteiger partial charge in [0.15, 0.2) is 0 Å². The number of hydrogen-bond acceptors (Lipinski definition) is 4. The van der Waals surface area contributed by atoms with E-state index in [2.05, 4.69) is 22.2 Å². The van der Waals surface area contributed by atoms with Crippen LogP contribution in [-0.2, 0) is 6.54 Å². The van der Waals surface area contributed by atoms with Crippen molar-refractivity contribution in [3.05, 3.63) is 57.0 Å². The Balaban J connectivity index is 2.18. The summed E-state index contributed by atoms with van der Waals surface area (Å²) in [6.07, 6.45) is 2.49. The lowest BCUT2D eigenvalue weighted by Gasteiger charge is -2.07. The van der Waals surface area contributed by atoms with Gasteiger partial charge in [0.25, 0.3) is 5.56 Å². The number of aromatic nitrogens is 3. The molecule has 6 heteroatoms. The zero-order valence-electron chi connectivity index (χ0n) is 10.7. The van der Waals surface area contributed by atoms with Crippen LogP contribution in [0.4, 0.5) is 5.82 Å². The standard InChI is InChI=1S/C13H16N4O2/c1-2-7-14-11-5-3-4-10(15-11)9-17-8-6-12(18)16-13(17)19/h3-6,8H,2,7,9H2,1H3,(H,14,15)(H,16,18,19). The highest BCUT2D eigenvalue weighted by Crippen LogP contribution is 2.05. The van der Waals surface area contributed by atoms with Gasteiger partial charge in [0.05, 0.1) is 12.2 Å². The predicted octanol–water partition coefficient (Wildman–Crippen LogP) is 0.802. The van der Waals surface area contributed by atoms with Crippen LogP contribution in [0.5, 0.6) is 0 Å². The Hall–Kier alpha value is -2.37. The van der Waals surface area contributed by atoms with E-state index in [0.717, 1.165) is 24.5 Å². The third-order valence-corrected chi connectivity index (χ3v) is 2.59. The average Bonchev–Trinajstić information content (AvgIpc) is 2.40. The molecule has 0 aromatic carbocycles. The fourth-order valence-electron chi connectivity index (χ4n) is 1.66. The van der Waals surface area contributed by atoms with Crippen LogP contribution in [0.2, 0.25) is 0 Å². The number of aromatic amines is 1. The summed E-state index contributed by atoms with van der Waals surface area (Å²) in [6.45, 7) is 3.27. The summed E-state index contributed by atoms with van der Waals surface area (Å²) in [5.74, 6) is 0.789. The molecule has 2 aromatic rings. The fraction of sp³-hybridized carbons (Fsp3) is 0.308. The van der Waals surface area contributed by atoms with E-state index >= 15 is 0 Å². The van der Waals surface area contributed by atoms with E-state index < -0.39 is 11.2 Å². The Bertz CT molecular complexity index is 660. The number of nitrogens with zero attached hydrogens (tertiary/aromatic N) is 2. The molecule has 0 unspecified atom stereocenters. The minimum atomic E-state index is -0.429. The Labute approximate surface area is 110 Å². The molecular formula is C13H16N4O2. The molecule has 0 radical (unpaired) electrons. The van der Waals surface area contributed by atoms with Crippen molar-refractivity contribution in [2.24, 2.45) is 0 Å². The van der Waals surface area contributed by atoms with Crippen molar-refractivity contribution in [1.82, 2.24) is 14.5 Å². The summed E-state index contributed by atoms with van der Waals surface area (Å²) in [4.78, 5) is 29.2. The third-order valence-electron chi connectivity index (χ3n) is 2.59. The quantitative estimate of drug-likeness (QED) is 0.833. The summed E-state index contributed by atoms with van der Waals surface area (Å²) in [7, 11) is 0. The highest BCUT2D eigenvalue weighted by molar-refractivity contribution is 5.35. The van der Waals surface area contributed by atoms with Crippen molar-refractivity contribution in [2.45, 2.75) is 19.9 Å². The molecule has 0 saturated carbocycles. The van der Waals surface area contributed by atoms with Gasteiger partial charge < -0.3 is 5.32 Å². The SMILES string of the molecule is CCCNc1cccc(Cn2ccc(=O)[nH]c2=O)n1. The number of rotatable bonds is 5. The van der Waals surface area contributed by atoms with E-state index in [1.807, 2.05) is 18.2 Å². The van der Waals surface area contributed by atoms with Gasteiger partial charge in [-0.2, -0.15) is 0 Å². The van der Waals surface area contributed by atoms with Gasteiger partial charge >= 0.3 is 5.69 Å². The van der Waals surface area contributed by atoms with Gasteiger partial charge in [-0.05, 0) is 18.6 Å². The molecule has 0 saturated heterocycles. The number of hydrogen-bond donors (Lipinski definition) is 2. The molecule has 2 aromatic heterocycles. The van der Waals surface area contributed by atoms with Gasteiger partial charge in [0.1, 0.15) is 5.82 Å². The third kappa shape index (κ3) is 3.54. The summed E-state index contributed by atoms with van der Waals surface area (Å²) in [5.41, 5.74) is -0.0657. The molecule has 2 rings (SSSR count). The Morgan fingerprint density at radius 3 is 2.89 bits per heavy atom. The maximum absolute atomic E-state index is 11.6. The molecule has 6 nitrogen and oxygen atoms in total. The number of nitrogens with one attached hydrogen (secondary N) is 2. The molecule has 0 aliphatic carbocycles. The first-order valence-corrected chi connectivity index (χ1v) is 6.18. The van der Waals surface area contributed by atoms with E-state index in [-0.39, 0.29) is 0 Å². The smallest absolute Gasteiger partial charge is 0.328 e. The molecule has 0 spiro atoms. The molecule has 2 N–H and O–H groups in total. The highest BCUT2D eigenvalue weighted by Gasteiger charge is 2.01. The van der Waals surface area contributed by atoms with Crippen LogP contribution < -0.4 is 16.6 Å². The van der Waals surface area contributed by atoms with Crippen molar-refractivity contribution in [2.75, 3.05) is 11.9 Å². The monoisotopic (exact) mass is 260 g/mol. The summed E-state index contributed by atoms with van der Waals surface area (Å²) in [6, 6.07) is 6.93. The first-order valence-electron chi connectivity index (χ1n) is 6.18. The van der Waals surface area contributed by atoms with Gasteiger partial charge in [0, 0.05) is 18.8 Å². The first kappa shape index (κ1) is 13.1. The van der Waals surface area contributed by atoms with Gasteiger partial charge in [-0.15, -0.1) is 0 Å². The van der Waals surface area contributed by atoms with Gasteiger partial charge in [-0.3, -0.25) is 14.3 Å². The zero-order valence-corrected chi connectivity index (χ0v) is 10.7. The number of pyridine rings is 1. The van der Waals surface area contributed by atoms with Crippen molar-refractivity contribution >= 4 is 5.82 Å². The zero-order chi connectivity index (χ0) is 13.7. The number of anilines is 1. The second kappa shape index (κ2) is 5.99. The van der Waals surface area contributed by atoms with Crippen molar-refractivity contribution < 1.29 is 0 Å². The van der Waals surface area contributed by atoms with Crippen LogP contribution in [0, 0.1) is 0 Å². The minimum absolute atomic E-state index is 0.331. The average molecular weight is 260 g/mol. The largest absolute Gasteiger partial charge is 0.370 e. The predicted molar refractivity (Wildman–Crippen MR) is 73.4 cm³/mol. The van der Waals surface area contributed by atoms with Crippen LogP contribution >= 0.6 is 0 Å². The fourth-order valence-corrected chi connectivity index (χ4v) is 1.66. The van der Waals surface area contributed by atoms with Crippen molar-refractivity contribution in [1.29, 1.82) is 0 Å². The van der Waals surface area contributed by atoms with E-state index in [4.69, 9.17) is 0 Å². The van der Waals surface area contributed by atoms with Crippen LogP contribution in [0.25, 0.3) is 0 Å². The van der Waals surface area contributed by atoms with Gasteiger partial charge in [-0.1, -0.05) is 13.0 Å². The molecule has 0 amide bonds. The lowest BCUT2D eigenvalue weighted by atomic mass is 10.3. The molecule has 0 bridgehead atoms. The second-order valence-electron chi connectivity index (χ2n) is 4.18. The van der Waals surface area contributed by atoms with Crippen LogP contribution in [-0.4, -0.2) is 21.1 Å². The van der Waals surface area contributed by atoms with E-state index in [1.165, 1.54) is 16.8 Å². The second-order valence-corrected chi connectivity index (χ2v) is 4.18. The molecular weight excluding hydrogens is 244 g/mol. The maximum atomic E-state index is 11.6. The molecule has 0 atom stereocenters. The van der Waals surface area contributed by atoms with Crippen molar-refractivity contribution in [3.63, 3.8) is 0 Å². The van der Waals surface area contributed by atoms with Gasteiger partial charge in [0.2, 0.25) is 0 Å². The maximum Gasteiger partial charge on any atom is 0.328 e. The first-order chi connectivity index (χ1) is 9.19. The lowest BCUT2D eigenvalue weighted by Crippen LogP contribution is -2.29. The summed E-state index contributed by atoms with van der Waals surface area (Å²) < 4.78 is 1.41. The summed E-state index contributed by atoms with van der Waals surface area (Å²) >= 11 is 0. The molecule has 19 heavy (non-hydrogen) atoms. The van der Waals surface area contributed by atoms with Gasteiger partial charge in [-0.25, -0.2) is 9.78 Å². The molecule has 100 valence electrons. The van der Waals surface area contributed by atoms with Crippen LogP contribution in [0.3, 0.4) is 0 Å². The number of H-pyrrole nitrogens is 1. The van der Waals surface area contributed by atoms with E-state index in [1.54, 1.807) is 0 Å². The van der Waals surface area contributed by atoms with Crippen LogP contribution in [0.1, 0.15) is 19.0 Å². The molecule has 0 aliphatic rings. The Kier molecular flexibility index (Phi) is 4.12. The molecule has 0 aliphatic heterocycles. The minimum Gasteiger partial charge on any atom is -0.370 e. The highest BCUT2D eigenvalue weighted by atomic mass is 16.2. The molecule has 2 heterocycles. The van der Waals surface area contributed by atoms with Crippen molar-refractivity contribution in [3.8, 4) is 0 Å². The Morgan fingerprint density at radius 2 is 2.16 bits per heavy atom. The molecule has 0 fully saturated rings. The topological polar surface area (TPSA) is 79.8 Å². The normalized spacial score (nSPS) is 10.4. The Morgan fingerprint density at radius 1 is 1.32 bits per heavy atom. The summed E-state index contributed by atoms with van der Waals surface area (Å²) in [5, 5.41) is 3.19. The van der Waals surface area contributed by atoms with E-state index in [0.29, 0.717) is 6.54 Å². The van der Waals surface area contributed by atoms with Crippen LogP contribution in [0.15, 0.2) is 40.1 Å². The lowest BCUT2D eigenvalue weighted by molar-refractivity contribution is 0.705.